The van der Waals surface area contributed by atoms with E-state index in [1.165, 1.54) is 0 Å². The molecular formula is C15H14ClN3. The number of imidazole rings is 1. The van der Waals surface area contributed by atoms with Crippen LogP contribution in [-0.4, -0.2) is 9.55 Å². The third-order valence-electron chi connectivity index (χ3n) is 3.34. The molecule has 2 aromatic carbocycles. The van der Waals surface area contributed by atoms with E-state index in [9.17, 15) is 0 Å². The fraction of sp³-hybridized carbons (Fsp3) is 0.133. The number of halogens is 1. The molecular weight excluding hydrogens is 258 g/mol. The van der Waals surface area contributed by atoms with Gasteiger partial charge in [0.2, 0.25) is 0 Å². The molecule has 0 spiro atoms. The number of aryl methyl sites for hydroxylation is 1. The SMILES string of the molecule is Cn1c(Cc2ccccc2N)nc2cccc(Cl)c21. The molecule has 3 aromatic rings. The molecule has 4 heteroatoms. The van der Waals surface area contributed by atoms with Crippen LogP contribution in [0.25, 0.3) is 11.0 Å². The maximum absolute atomic E-state index is 6.22. The fourth-order valence-corrected chi connectivity index (χ4v) is 2.59. The summed E-state index contributed by atoms with van der Waals surface area (Å²) in [5.74, 6) is 0.959. The summed E-state index contributed by atoms with van der Waals surface area (Å²) >= 11 is 6.22. The molecule has 3 rings (SSSR count). The van der Waals surface area contributed by atoms with Crippen LogP contribution >= 0.6 is 11.6 Å². The summed E-state index contributed by atoms with van der Waals surface area (Å²) in [6, 6.07) is 13.6. The van der Waals surface area contributed by atoms with Crippen molar-refractivity contribution < 1.29 is 0 Å². The second-order valence-corrected chi connectivity index (χ2v) is 4.98. The van der Waals surface area contributed by atoms with E-state index < -0.39 is 0 Å². The quantitative estimate of drug-likeness (QED) is 0.726. The van der Waals surface area contributed by atoms with Gasteiger partial charge in [-0.1, -0.05) is 35.9 Å². The number of nitrogens with zero attached hydrogens (tertiary/aromatic N) is 2. The second kappa shape index (κ2) is 4.59. The largest absolute Gasteiger partial charge is 0.398 e. The summed E-state index contributed by atoms with van der Waals surface area (Å²) in [5, 5.41) is 0.722. The average molecular weight is 272 g/mol. The number of aromatic nitrogens is 2. The van der Waals surface area contributed by atoms with Gasteiger partial charge in [-0.3, -0.25) is 0 Å². The van der Waals surface area contributed by atoms with Crippen LogP contribution in [0.4, 0.5) is 5.69 Å². The van der Waals surface area contributed by atoms with Crippen LogP contribution in [0.5, 0.6) is 0 Å². The number of anilines is 1. The van der Waals surface area contributed by atoms with Gasteiger partial charge >= 0.3 is 0 Å². The normalized spacial score (nSPS) is 11.1. The van der Waals surface area contributed by atoms with E-state index in [1.807, 2.05) is 54.1 Å². The Morgan fingerprint density at radius 2 is 1.95 bits per heavy atom. The molecule has 0 saturated carbocycles. The first-order chi connectivity index (χ1) is 9.16. The van der Waals surface area contributed by atoms with E-state index >= 15 is 0 Å². The number of fused-ring (bicyclic) bond motifs is 1. The maximum Gasteiger partial charge on any atom is 0.114 e. The van der Waals surface area contributed by atoms with Crippen LogP contribution < -0.4 is 5.73 Å². The summed E-state index contributed by atoms with van der Waals surface area (Å²) in [7, 11) is 1.98. The van der Waals surface area contributed by atoms with E-state index in [4.69, 9.17) is 17.3 Å². The van der Waals surface area contributed by atoms with Crippen molar-refractivity contribution in [3.05, 3.63) is 58.9 Å². The summed E-state index contributed by atoms with van der Waals surface area (Å²) in [4.78, 5) is 4.63. The molecule has 0 aliphatic carbocycles. The van der Waals surface area contributed by atoms with Gasteiger partial charge in [0, 0.05) is 19.2 Å². The highest BCUT2D eigenvalue weighted by molar-refractivity contribution is 6.35. The van der Waals surface area contributed by atoms with Gasteiger partial charge in [0.05, 0.1) is 16.1 Å². The first-order valence-electron chi connectivity index (χ1n) is 6.10. The van der Waals surface area contributed by atoms with Crippen LogP contribution in [0.2, 0.25) is 5.02 Å². The van der Waals surface area contributed by atoms with Crippen molar-refractivity contribution in [2.24, 2.45) is 7.05 Å². The molecule has 2 N–H and O–H groups in total. The number of hydrogen-bond acceptors (Lipinski definition) is 2. The monoisotopic (exact) mass is 271 g/mol. The molecule has 1 heterocycles. The Kier molecular flexibility index (Phi) is 2.91. The molecule has 0 amide bonds. The van der Waals surface area contributed by atoms with Crippen molar-refractivity contribution in [2.75, 3.05) is 5.73 Å². The minimum atomic E-state index is 0.703. The van der Waals surface area contributed by atoms with Crippen LogP contribution in [0.1, 0.15) is 11.4 Å². The highest BCUT2D eigenvalue weighted by Crippen LogP contribution is 2.25. The van der Waals surface area contributed by atoms with Gasteiger partial charge in [-0.15, -0.1) is 0 Å². The Hall–Kier alpha value is -2.00. The molecule has 0 aliphatic heterocycles. The highest BCUT2D eigenvalue weighted by atomic mass is 35.5. The summed E-state index contributed by atoms with van der Waals surface area (Å²) in [5.41, 5.74) is 9.73. The van der Waals surface area contributed by atoms with Crippen LogP contribution in [0.15, 0.2) is 42.5 Å². The first kappa shape index (κ1) is 12.1. The van der Waals surface area contributed by atoms with Gasteiger partial charge in [0.15, 0.2) is 0 Å². The van der Waals surface area contributed by atoms with E-state index in [-0.39, 0.29) is 0 Å². The molecule has 0 radical (unpaired) electrons. The molecule has 0 atom stereocenters. The number of rotatable bonds is 2. The molecule has 96 valence electrons. The lowest BCUT2D eigenvalue weighted by molar-refractivity contribution is 0.845. The third kappa shape index (κ3) is 2.06. The number of para-hydroxylation sites is 2. The van der Waals surface area contributed by atoms with Crippen molar-refractivity contribution in [3.8, 4) is 0 Å². The van der Waals surface area contributed by atoms with Crippen molar-refractivity contribution >= 4 is 28.3 Å². The Balaban J connectivity index is 2.10. The lowest BCUT2D eigenvalue weighted by atomic mass is 10.1. The first-order valence-corrected chi connectivity index (χ1v) is 6.48. The zero-order valence-corrected chi connectivity index (χ0v) is 11.4. The lowest BCUT2D eigenvalue weighted by Gasteiger charge is -2.06. The zero-order valence-electron chi connectivity index (χ0n) is 10.6. The van der Waals surface area contributed by atoms with Gasteiger partial charge in [-0.05, 0) is 23.8 Å². The highest BCUT2D eigenvalue weighted by Gasteiger charge is 2.11. The average Bonchev–Trinajstić information content (AvgIpc) is 2.71. The van der Waals surface area contributed by atoms with Crippen molar-refractivity contribution in [3.63, 3.8) is 0 Å². The van der Waals surface area contributed by atoms with Crippen LogP contribution in [0, 0.1) is 0 Å². The Morgan fingerprint density at radius 1 is 1.16 bits per heavy atom. The predicted molar refractivity (Wildman–Crippen MR) is 79.4 cm³/mol. The molecule has 19 heavy (non-hydrogen) atoms. The van der Waals surface area contributed by atoms with Gasteiger partial charge in [-0.2, -0.15) is 0 Å². The molecule has 0 fully saturated rings. The summed E-state index contributed by atoms with van der Waals surface area (Å²) in [6.45, 7) is 0. The minimum Gasteiger partial charge on any atom is -0.398 e. The second-order valence-electron chi connectivity index (χ2n) is 4.57. The summed E-state index contributed by atoms with van der Waals surface area (Å²) < 4.78 is 2.03. The van der Waals surface area contributed by atoms with Gasteiger partial charge in [0.25, 0.3) is 0 Å². The molecule has 1 aromatic heterocycles. The minimum absolute atomic E-state index is 0.703. The Bertz CT molecular complexity index is 746. The van der Waals surface area contributed by atoms with Crippen LogP contribution in [-0.2, 0) is 13.5 Å². The Morgan fingerprint density at radius 3 is 2.68 bits per heavy atom. The van der Waals surface area contributed by atoms with Crippen molar-refractivity contribution in [1.82, 2.24) is 9.55 Å². The number of hydrogen-bond donors (Lipinski definition) is 1. The fourth-order valence-electron chi connectivity index (χ4n) is 2.29. The predicted octanol–water partition coefficient (Wildman–Crippen LogP) is 3.40. The smallest absolute Gasteiger partial charge is 0.114 e. The van der Waals surface area contributed by atoms with E-state index in [2.05, 4.69) is 4.98 Å². The molecule has 0 bridgehead atoms. The van der Waals surface area contributed by atoms with Gasteiger partial charge < -0.3 is 10.3 Å². The Labute approximate surface area is 116 Å². The topological polar surface area (TPSA) is 43.8 Å². The van der Waals surface area contributed by atoms with Gasteiger partial charge in [-0.25, -0.2) is 4.98 Å². The zero-order chi connectivity index (χ0) is 13.4. The standard InChI is InChI=1S/C15H14ClN3/c1-19-14(9-10-5-2-3-7-12(10)17)18-13-8-4-6-11(16)15(13)19/h2-8H,9,17H2,1H3. The molecule has 0 unspecified atom stereocenters. The maximum atomic E-state index is 6.22. The number of nitrogens with two attached hydrogens (primary N) is 1. The number of nitrogen functional groups attached to an aromatic ring is 1. The molecule has 3 nitrogen and oxygen atoms in total. The molecule has 0 saturated heterocycles. The van der Waals surface area contributed by atoms with E-state index in [0.717, 1.165) is 33.1 Å². The van der Waals surface area contributed by atoms with Crippen LogP contribution in [0.3, 0.4) is 0 Å². The lowest BCUT2D eigenvalue weighted by Crippen LogP contribution is -2.01. The summed E-state index contributed by atoms with van der Waals surface area (Å²) in [6.07, 6.45) is 0.703. The van der Waals surface area contributed by atoms with Crippen molar-refractivity contribution in [1.29, 1.82) is 0 Å². The van der Waals surface area contributed by atoms with E-state index in [0.29, 0.717) is 6.42 Å². The van der Waals surface area contributed by atoms with E-state index in [1.54, 1.807) is 0 Å². The van der Waals surface area contributed by atoms with Crippen molar-refractivity contribution in [2.45, 2.75) is 6.42 Å². The third-order valence-corrected chi connectivity index (χ3v) is 3.65. The number of benzene rings is 2. The molecule has 0 aliphatic rings. The van der Waals surface area contributed by atoms with Gasteiger partial charge in [0.1, 0.15) is 5.82 Å².